The van der Waals surface area contributed by atoms with Crippen LogP contribution in [0.4, 0.5) is 4.79 Å². The van der Waals surface area contributed by atoms with Crippen molar-refractivity contribution in [1.29, 1.82) is 0 Å². The Bertz CT molecular complexity index is 368. The first-order chi connectivity index (χ1) is 9.20. The number of carbonyl (C=O) groups is 2. The predicted molar refractivity (Wildman–Crippen MR) is 78.6 cm³/mol. The van der Waals surface area contributed by atoms with Crippen LogP contribution in [0.5, 0.6) is 0 Å². The Labute approximate surface area is 121 Å². The number of carbonyl (C=O) groups excluding carboxylic acids is 1. The smallest absolute Gasteiger partial charge is 0.329 e. The number of carboxylic acid groups (broad SMARTS) is 1. The molecule has 3 atom stereocenters. The summed E-state index contributed by atoms with van der Waals surface area (Å²) in [5.74, 6) is 0.157. The third-order valence-corrected chi connectivity index (χ3v) is 4.50. The molecule has 0 bridgehead atoms. The van der Waals surface area contributed by atoms with Crippen molar-refractivity contribution in [2.75, 3.05) is 6.54 Å². The second kappa shape index (κ2) is 6.46. The fraction of sp³-hybridized carbons (Fsp3) is 0.867. The third-order valence-electron chi connectivity index (χ3n) is 4.50. The number of rotatable bonds is 4. The maximum atomic E-state index is 12.4. The summed E-state index contributed by atoms with van der Waals surface area (Å²) in [6.07, 6.45) is 3.20. The average molecular weight is 284 g/mol. The van der Waals surface area contributed by atoms with Gasteiger partial charge in [0.2, 0.25) is 0 Å². The van der Waals surface area contributed by atoms with Gasteiger partial charge in [0.05, 0.1) is 0 Å². The lowest BCUT2D eigenvalue weighted by molar-refractivity contribution is -0.147. The summed E-state index contributed by atoms with van der Waals surface area (Å²) in [6, 6.07) is -0.122. The Morgan fingerprint density at radius 1 is 1.30 bits per heavy atom. The van der Waals surface area contributed by atoms with E-state index in [2.05, 4.69) is 19.2 Å². The molecule has 5 heteroatoms. The van der Waals surface area contributed by atoms with Crippen LogP contribution >= 0.6 is 0 Å². The Hall–Kier alpha value is -1.26. The van der Waals surface area contributed by atoms with Gasteiger partial charge in [0.15, 0.2) is 0 Å². The van der Waals surface area contributed by atoms with E-state index in [-0.39, 0.29) is 12.1 Å². The van der Waals surface area contributed by atoms with E-state index in [1.165, 1.54) is 4.90 Å². The summed E-state index contributed by atoms with van der Waals surface area (Å²) < 4.78 is 0. The van der Waals surface area contributed by atoms with Gasteiger partial charge in [-0.2, -0.15) is 0 Å². The summed E-state index contributed by atoms with van der Waals surface area (Å²) >= 11 is 0. The van der Waals surface area contributed by atoms with E-state index in [4.69, 9.17) is 0 Å². The molecular formula is C15H28N2O3. The van der Waals surface area contributed by atoms with E-state index in [1.807, 2.05) is 0 Å². The van der Waals surface area contributed by atoms with E-state index in [1.54, 1.807) is 20.8 Å². The number of urea groups is 1. The molecule has 0 heterocycles. The molecule has 116 valence electrons. The van der Waals surface area contributed by atoms with Crippen LogP contribution in [0.1, 0.15) is 53.9 Å². The average Bonchev–Trinajstić information content (AvgIpc) is 2.33. The number of amides is 2. The van der Waals surface area contributed by atoms with Crippen molar-refractivity contribution in [3.63, 3.8) is 0 Å². The quantitative estimate of drug-likeness (QED) is 0.834. The number of hydrogen-bond donors (Lipinski definition) is 2. The zero-order chi connectivity index (χ0) is 15.5. The van der Waals surface area contributed by atoms with Crippen molar-refractivity contribution in [2.24, 2.45) is 11.8 Å². The molecule has 0 spiro atoms. The minimum atomic E-state index is -1.19. The molecule has 20 heavy (non-hydrogen) atoms. The molecule has 1 saturated carbocycles. The lowest BCUT2D eigenvalue weighted by Crippen LogP contribution is -2.58. The Balaban J connectivity index is 2.71. The fourth-order valence-corrected chi connectivity index (χ4v) is 3.02. The molecule has 0 radical (unpaired) electrons. The Kier molecular flexibility index (Phi) is 5.42. The molecule has 0 aromatic carbocycles. The van der Waals surface area contributed by atoms with Crippen molar-refractivity contribution in [3.8, 4) is 0 Å². The molecule has 1 aliphatic carbocycles. The highest BCUT2D eigenvalue weighted by Gasteiger charge is 2.38. The maximum absolute atomic E-state index is 12.4. The molecule has 5 nitrogen and oxygen atoms in total. The Morgan fingerprint density at radius 3 is 2.35 bits per heavy atom. The number of nitrogens with one attached hydrogen (secondary N) is 1. The maximum Gasteiger partial charge on any atom is 0.329 e. The van der Waals surface area contributed by atoms with Gasteiger partial charge < -0.3 is 15.3 Å². The topological polar surface area (TPSA) is 69.6 Å². The fourth-order valence-electron chi connectivity index (χ4n) is 3.02. The normalized spacial score (nSPS) is 26.9. The molecule has 1 aliphatic rings. The van der Waals surface area contributed by atoms with Crippen LogP contribution in [0.2, 0.25) is 0 Å². The van der Waals surface area contributed by atoms with E-state index in [0.29, 0.717) is 18.4 Å². The van der Waals surface area contributed by atoms with Crippen molar-refractivity contribution in [3.05, 3.63) is 0 Å². The van der Waals surface area contributed by atoms with Crippen LogP contribution in [0.15, 0.2) is 0 Å². The van der Waals surface area contributed by atoms with E-state index < -0.39 is 11.5 Å². The standard InChI is InChI=1S/C15H28N2O3/c1-6-17(15(4,5)13(18)19)14(20)16-12-8-7-10(2)9-11(12)3/h10-12H,6-9H2,1-5H3,(H,16,20)(H,18,19). The SMILES string of the molecule is CCN(C(=O)NC1CCC(C)CC1C)C(C)(C)C(=O)O. The number of carboxylic acids is 1. The highest BCUT2D eigenvalue weighted by atomic mass is 16.4. The van der Waals surface area contributed by atoms with Crippen LogP contribution in [0.3, 0.4) is 0 Å². The van der Waals surface area contributed by atoms with Gasteiger partial charge in [0.25, 0.3) is 0 Å². The van der Waals surface area contributed by atoms with Crippen LogP contribution < -0.4 is 5.32 Å². The highest BCUT2D eigenvalue weighted by molar-refractivity contribution is 5.85. The summed E-state index contributed by atoms with van der Waals surface area (Å²) in [4.78, 5) is 25.1. The first-order valence-electron chi connectivity index (χ1n) is 7.51. The molecule has 1 fully saturated rings. The molecule has 2 amide bonds. The summed E-state index contributed by atoms with van der Waals surface area (Å²) in [6.45, 7) is 9.69. The predicted octanol–water partition coefficient (Wildman–Crippen LogP) is 2.71. The lowest BCUT2D eigenvalue weighted by Gasteiger charge is -2.38. The monoisotopic (exact) mass is 284 g/mol. The highest BCUT2D eigenvalue weighted by Crippen LogP contribution is 2.29. The molecule has 2 N–H and O–H groups in total. The van der Waals surface area contributed by atoms with Gasteiger partial charge in [0, 0.05) is 12.6 Å². The largest absolute Gasteiger partial charge is 0.480 e. The van der Waals surface area contributed by atoms with Crippen molar-refractivity contribution in [2.45, 2.75) is 65.5 Å². The minimum absolute atomic E-state index is 0.150. The number of hydrogen-bond acceptors (Lipinski definition) is 2. The van der Waals surface area contributed by atoms with E-state index >= 15 is 0 Å². The van der Waals surface area contributed by atoms with E-state index in [0.717, 1.165) is 19.3 Å². The zero-order valence-corrected chi connectivity index (χ0v) is 13.3. The van der Waals surface area contributed by atoms with Crippen LogP contribution in [-0.2, 0) is 4.79 Å². The van der Waals surface area contributed by atoms with Crippen LogP contribution in [-0.4, -0.2) is 40.1 Å². The first kappa shape index (κ1) is 16.8. The Morgan fingerprint density at radius 2 is 1.90 bits per heavy atom. The molecular weight excluding hydrogens is 256 g/mol. The second-order valence-corrected chi connectivity index (χ2v) is 6.56. The van der Waals surface area contributed by atoms with Crippen molar-refractivity contribution in [1.82, 2.24) is 10.2 Å². The molecule has 1 rings (SSSR count). The molecule has 0 aliphatic heterocycles. The van der Waals surface area contributed by atoms with Crippen LogP contribution in [0.25, 0.3) is 0 Å². The molecule has 0 aromatic rings. The molecule has 3 unspecified atom stereocenters. The van der Waals surface area contributed by atoms with Gasteiger partial charge in [-0.1, -0.05) is 13.8 Å². The second-order valence-electron chi connectivity index (χ2n) is 6.56. The number of aliphatic carboxylic acids is 1. The van der Waals surface area contributed by atoms with Gasteiger partial charge in [-0.3, -0.25) is 0 Å². The van der Waals surface area contributed by atoms with Gasteiger partial charge in [-0.05, 0) is 51.9 Å². The summed E-state index contributed by atoms with van der Waals surface area (Å²) in [7, 11) is 0. The molecule has 0 aromatic heterocycles. The number of nitrogens with zero attached hydrogens (tertiary/aromatic N) is 1. The van der Waals surface area contributed by atoms with Gasteiger partial charge in [-0.15, -0.1) is 0 Å². The van der Waals surface area contributed by atoms with E-state index in [9.17, 15) is 14.7 Å². The first-order valence-corrected chi connectivity index (χ1v) is 7.51. The zero-order valence-electron chi connectivity index (χ0n) is 13.3. The number of likely N-dealkylation sites (N-methyl/N-ethyl adjacent to an activating group) is 1. The van der Waals surface area contributed by atoms with Gasteiger partial charge in [-0.25, -0.2) is 9.59 Å². The summed E-state index contributed by atoms with van der Waals surface area (Å²) in [5, 5.41) is 12.3. The lowest BCUT2D eigenvalue weighted by atomic mass is 9.80. The van der Waals surface area contributed by atoms with Crippen LogP contribution in [0, 0.1) is 11.8 Å². The van der Waals surface area contributed by atoms with Gasteiger partial charge in [0.1, 0.15) is 5.54 Å². The van der Waals surface area contributed by atoms with Crippen molar-refractivity contribution >= 4 is 12.0 Å². The summed E-state index contributed by atoms with van der Waals surface area (Å²) in [5.41, 5.74) is -1.19. The minimum Gasteiger partial charge on any atom is -0.480 e. The van der Waals surface area contributed by atoms with Gasteiger partial charge >= 0.3 is 12.0 Å². The molecule has 0 saturated heterocycles. The van der Waals surface area contributed by atoms with Crippen molar-refractivity contribution < 1.29 is 14.7 Å². The third kappa shape index (κ3) is 3.64.